The molecule has 2 heterocycles. The highest BCUT2D eigenvalue weighted by Crippen LogP contribution is 2.24. The van der Waals surface area contributed by atoms with E-state index in [4.69, 9.17) is 20.8 Å². The number of carbonyl (C=O) groups excluding carboxylic acids is 4. The van der Waals surface area contributed by atoms with Crippen molar-refractivity contribution in [3.63, 3.8) is 0 Å². The number of amides is 3. The third-order valence-corrected chi connectivity index (χ3v) is 5.29. The van der Waals surface area contributed by atoms with Crippen molar-refractivity contribution in [2.24, 2.45) is 0 Å². The number of carbonyl (C=O) groups is 4. The molecule has 2 aromatic carbocycles. The minimum absolute atomic E-state index is 0.0139. The molecular formula is C26H19ClN2O7. The van der Waals surface area contributed by atoms with E-state index in [0.717, 1.165) is 10.5 Å². The molecule has 1 fully saturated rings. The third kappa shape index (κ3) is 5.70. The van der Waals surface area contributed by atoms with Gasteiger partial charge < -0.3 is 19.2 Å². The first-order valence-corrected chi connectivity index (χ1v) is 11.0. The number of para-hydroxylation sites is 1. The summed E-state index contributed by atoms with van der Waals surface area (Å²) in [7, 11) is 1.21. The van der Waals surface area contributed by atoms with Gasteiger partial charge >= 0.3 is 18.0 Å². The van der Waals surface area contributed by atoms with E-state index in [2.05, 4.69) is 10.1 Å². The lowest BCUT2D eigenvalue weighted by Gasteiger charge is -2.09. The molecule has 0 spiro atoms. The van der Waals surface area contributed by atoms with Crippen LogP contribution in [0.2, 0.25) is 5.02 Å². The van der Waals surface area contributed by atoms with Crippen LogP contribution in [0.15, 0.2) is 76.9 Å². The van der Waals surface area contributed by atoms with E-state index in [1.54, 1.807) is 54.6 Å². The molecule has 1 aromatic heterocycles. The van der Waals surface area contributed by atoms with Crippen LogP contribution in [0.1, 0.15) is 27.4 Å². The molecule has 0 atom stereocenters. The van der Waals surface area contributed by atoms with Crippen molar-refractivity contribution in [3.05, 3.63) is 100 Å². The number of nitrogens with one attached hydrogen (secondary N) is 1. The number of hydrogen-bond donors (Lipinski definition) is 1. The van der Waals surface area contributed by atoms with Crippen LogP contribution in [0.25, 0.3) is 12.2 Å². The fraction of sp³-hybridized carbons (Fsp3) is 0.0769. The average Bonchev–Trinajstić information content (AvgIpc) is 3.45. The molecule has 1 saturated heterocycles. The quantitative estimate of drug-likeness (QED) is 0.218. The van der Waals surface area contributed by atoms with E-state index in [0.29, 0.717) is 10.6 Å². The van der Waals surface area contributed by atoms with E-state index >= 15 is 0 Å². The molecule has 1 N–H and O–H groups in total. The summed E-state index contributed by atoms with van der Waals surface area (Å²) in [6, 6.07) is 15.7. The summed E-state index contributed by atoms with van der Waals surface area (Å²) in [6.45, 7) is -0.189. The Morgan fingerprint density at radius 2 is 1.81 bits per heavy atom. The lowest BCUT2D eigenvalue weighted by atomic mass is 10.1. The van der Waals surface area contributed by atoms with Crippen molar-refractivity contribution >= 4 is 47.6 Å². The fourth-order valence-corrected chi connectivity index (χ4v) is 3.40. The molecule has 3 aromatic rings. The van der Waals surface area contributed by atoms with Crippen LogP contribution in [0.3, 0.4) is 0 Å². The predicted octanol–water partition coefficient (Wildman–Crippen LogP) is 4.43. The van der Waals surface area contributed by atoms with Crippen LogP contribution in [-0.4, -0.2) is 35.9 Å². The Morgan fingerprint density at radius 3 is 2.56 bits per heavy atom. The standard InChI is InChI=1S/C26H19ClN2O7/c1-34-25(32)22-12-11-19(35-22)15-29-24(31)20(28-26(29)33)14-17-4-2-3-5-21(17)36-23(30)13-8-16-6-9-18(27)10-7-16/h2-14H,15H2,1H3,(H,28,33)/b13-8+,20-14+. The Bertz CT molecular complexity index is 1390. The number of hydrogen-bond acceptors (Lipinski definition) is 7. The molecule has 1 aliphatic heterocycles. The monoisotopic (exact) mass is 506 g/mol. The van der Waals surface area contributed by atoms with E-state index in [-0.39, 0.29) is 29.5 Å². The lowest BCUT2D eigenvalue weighted by Crippen LogP contribution is -2.30. The maximum Gasteiger partial charge on any atom is 0.373 e. The Balaban J connectivity index is 1.47. The van der Waals surface area contributed by atoms with Gasteiger partial charge in [-0.3, -0.25) is 9.69 Å². The Hall–Kier alpha value is -4.63. The zero-order valence-corrected chi connectivity index (χ0v) is 19.7. The van der Waals surface area contributed by atoms with Crippen LogP contribution in [0.5, 0.6) is 5.75 Å². The Labute approximate surface area is 210 Å². The number of benzene rings is 2. The van der Waals surface area contributed by atoms with Gasteiger partial charge in [0.15, 0.2) is 0 Å². The first-order chi connectivity index (χ1) is 17.3. The second kappa shape index (κ2) is 10.7. The number of rotatable bonds is 7. The van der Waals surface area contributed by atoms with Gasteiger partial charge in [-0.05, 0) is 48.0 Å². The van der Waals surface area contributed by atoms with Gasteiger partial charge in [0, 0.05) is 16.7 Å². The second-order valence-electron chi connectivity index (χ2n) is 7.48. The zero-order valence-electron chi connectivity index (χ0n) is 18.9. The summed E-state index contributed by atoms with van der Waals surface area (Å²) in [5.41, 5.74) is 1.16. The van der Waals surface area contributed by atoms with Crippen molar-refractivity contribution < 1.29 is 33.1 Å². The molecule has 0 unspecified atom stereocenters. The maximum absolute atomic E-state index is 12.9. The van der Waals surface area contributed by atoms with Crippen LogP contribution in [-0.2, 0) is 20.9 Å². The topological polar surface area (TPSA) is 115 Å². The highest BCUT2D eigenvalue weighted by molar-refractivity contribution is 6.30. The fourth-order valence-electron chi connectivity index (χ4n) is 3.27. The number of esters is 2. The Kier molecular flexibility index (Phi) is 7.31. The molecule has 0 saturated carbocycles. The molecule has 3 amide bonds. The molecule has 4 rings (SSSR count). The number of halogens is 1. The van der Waals surface area contributed by atoms with Crippen LogP contribution < -0.4 is 10.1 Å². The van der Waals surface area contributed by atoms with Crippen LogP contribution in [0.4, 0.5) is 4.79 Å². The SMILES string of the molecule is COC(=O)c1ccc(CN2C(=O)N/C(=C/c3ccccc3OC(=O)/C=C/c3ccc(Cl)cc3)C2=O)o1. The van der Waals surface area contributed by atoms with Gasteiger partial charge in [0.2, 0.25) is 5.76 Å². The first-order valence-electron chi connectivity index (χ1n) is 10.6. The van der Waals surface area contributed by atoms with E-state index in [9.17, 15) is 19.2 Å². The van der Waals surface area contributed by atoms with Crippen LogP contribution >= 0.6 is 11.6 Å². The summed E-state index contributed by atoms with van der Waals surface area (Å²) < 4.78 is 15.3. The lowest BCUT2D eigenvalue weighted by molar-refractivity contribution is -0.129. The number of furan rings is 1. The second-order valence-corrected chi connectivity index (χ2v) is 7.92. The Morgan fingerprint density at radius 1 is 1.06 bits per heavy atom. The number of nitrogens with zero attached hydrogens (tertiary/aromatic N) is 1. The minimum atomic E-state index is -0.673. The summed E-state index contributed by atoms with van der Waals surface area (Å²) >= 11 is 5.86. The van der Waals surface area contributed by atoms with Gasteiger partial charge in [-0.15, -0.1) is 0 Å². The van der Waals surface area contributed by atoms with Crippen molar-refractivity contribution in [1.29, 1.82) is 0 Å². The van der Waals surface area contributed by atoms with Gasteiger partial charge in [0.25, 0.3) is 5.91 Å². The van der Waals surface area contributed by atoms with Crippen molar-refractivity contribution in [2.75, 3.05) is 7.11 Å². The highest BCUT2D eigenvalue weighted by atomic mass is 35.5. The predicted molar refractivity (Wildman–Crippen MR) is 130 cm³/mol. The number of ether oxygens (including phenoxy) is 2. The van der Waals surface area contributed by atoms with E-state index in [1.165, 1.54) is 31.4 Å². The number of imide groups is 1. The first kappa shape index (κ1) is 24.5. The normalized spacial score (nSPS) is 14.4. The van der Waals surface area contributed by atoms with Gasteiger partial charge in [-0.25, -0.2) is 14.4 Å². The summed E-state index contributed by atoms with van der Waals surface area (Å²) in [6.07, 6.45) is 4.26. The summed E-state index contributed by atoms with van der Waals surface area (Å²) in [4.78, 5) is 50.1. The molecule has 0 aliphatic carbocycles. The van der Waals surface area contributed by atoms with E-state index in [1.807, 2.05) is 0 Å². The van der Waals surface area contributed by atoms with Gasteiger partial charge in [0.05, 0.1) is 13.7 Å². The molecule has 1 aliphatic rings. The number of urea groups is 1. The highest BCUT2D eigenvalue weighted by Gasteiger charge is 2.34. The number of methoxy groups -OCH3 is 1. The summed E-state index contributed by atoms with van der Waals surface area (Å²) in [5, 5.41) is 3.08. The molecule has 36 heavy (non-hydrogen) atoms. The maximum atomic E-state index is 12.9. The van der Waals surface area contributed by atoms with E-state index < -0.39 is 23.9 Å². The molecule has 9 nitrogen and oxygen atoms in total. The van der Waals surface area contributed by atoms with Gasteiger partial charge in [-0.1, -0.05) is 41.9 Å². The molecule has 10 heteroatoms. The third-order valence-electron chi connectivity index (χ3n) is 5.04. The average molecular weight is 507 g/mol. The van der Waals surface area contributed by atoms with Crippen molar-refractivity contribution in [3.8, 4) is 5.75 Å². The molecule has 0 bridgehead atoms. The molecule has 0 radical (unpaired) electrons. The van der Waals surface area contributed by atoms with Gasteiger partial charge in [0.1, 0.15) is 17.2 Å². The minimum Gasteiger partial charge on any atom is -0.463 e. The molecular weight excluding hydrogens is 488 g/mol. The largest absolute Gasteiger partial charge is 0.463 e. The summed E-state index contributed by atoms with van der Waals surface area (Å²) in [5.74, 6) is -1.53. The zero-order chi connectivity index (χ0) is 25.7. The van der Waals surface area contributed by atoms with Crippen molar-refractivity contribution in [1.82, 2.24) is 10.2 Å². The molecule has 182 valence electrons. The van der Waals surface area contributed by atoms with Crippen molar-refractivity contribution in [2.45, 2.75) is 6.54 Å². The van der Waals surface area contributed by atoms with Crippen LogP contribution in [0, 0.1) is 0 Å². The van der Waals surface area contributed by atoms with Gasteiger partial charge in [-0.2, -0.15) is 0 Å². The smallest absolute Gasteiger partial charge is 0.373 e.